The van der Waals surface area contributed by atoms with Crippen LogP contribution < -0.4 is 0 Å². The van der Waals surface area contributed by atoms with Gasteiger partial charge in [0, 0.05) is 11.6 Å². The molecule has 0 aliphatic rings. The van der Waals surface area contributed by atoms with Crippen LogP contribution in [0.25, 0.3) is 10.9 Å². The second-order valence-electron chi connectivity index (χ2n) is 4.93. The number of pyridine rings is 1. The predicted octanol–water partition coefficient (Wildman–Crippen LogP) is 3.54. The molecule has 0 spiro atoms. The number of carbonyl (C=O) groups is 1. The fourth-order valence-corrected chi connectivity index (χ4v) is 2.31. The normalized spacial score (nSPS) is 12.6. The Morgan fingerprint density at radius 1 is 1.32 bits per heavy atom. The number of fused-ring (bicyclic) bond motifs is 1. The zero-order valence-electron chi connectivity index (χ0n) is 11.6. The van der Waals surface area contributed by atoms with Crippen molar-refractivity contribution in [1.82, 2.24) is 4.98 Å². The molecule has 19 heavy (non-hydrogen) atoms. The molecule has 0 aliphatic heterocycles. The lowest BCUT2D eigenvalue weighted by molar-refractivity contribution is -0.146. The van der Waals surface area contributed by atoms with E-state index in [1.54, 1.807) is 6.20 Å². The van der Waals surface area contributed by atoms with E-state index in [0.717, 1.165) is 16.5 Å². The molecule has 1 unspecified atom stereocenters. The lowest BCUT2D eigenvalue weighted by Crippen LogP contribution is -2.20. The summed E-state index contributed by atoms with van der Waals surface area (Å²) in [5.74, 6) is -0.168. The van der Waals surface area contributed by atoms with Crippen LogP contribution in [0.4, 0.5) is 0 Å². The number of carbonyl (C=O) groups excluding carboxylic acids is 1. The Morgan fingerprint density at radius 2 is 2.11 bits per heavy atom. The van der Waals surface area contributed by atoms with Crippen molar-refractivity contribution in [2.24, 2.45) is 5.92 Å². The first-order chi connectivity index (χ1) is 9.13. The molecule has 3 heteroatoms. The maximum absolute atomic E-state index is 12.1. The van der Waals surface area contributed by atoms with Gasteiger partial charge in [0.25, 0.3) is 0 Å². The van der Waals surface area contributed by atoms with E-state index in [2.05, 4.69) is 4.98 Å². The van der Waals surface area contributed by atoms with Crippen molar-refractivity contribution in [3.05, 3.63) is 42.1 Å². The van der Waals surface area contributed by atoms with E-state index >= 15 is 0 Å². The molecule has 2 aromatic rings. The second-order valence-corrected chi connectivity index (χ2v) is 4.93. The number of aromatic nitrogens is 1. The van der Waals surface area contributed by atoms with Gasteiger partial charge in [-0.25, -0.2) is 0 Å². The zero-order valence-corrected chi connectivity index (χ0v) is 11.6. The van der Waals surface area contributed by atoms with Gasteiger partial charge < -0.3 is 4.74 Å². The maximum Gasteiger partial charge on any atom is 0.313 e. The van der Waals surface area contributed by atoms with Crippen molar-refractivity contribution in [2.75, 3.05) is 6.61 Å². The minimum atomic E-state index is -0.218. The van der Waals surface area contributed by atoms with Crippen LogP contribution in [0.15, 0.2) is 36.5 Å². The van der Waals surface area contributed by atoms with E-state index in [1.165, 1.54) is 0 Å². The van der Waals surface area contributed by atoms with Gasteiger partial charge in [0.1, 0.15) is 0 Å². The highest BCUT2D eigenvalue weighted by Crippen LogP contribution is 2.28. The molecule has 1 aromatic heterocycles. The zero-order chi connectivity index (χ0) is 13.8. The van der Waals surface area contributed by atoms with E-state index in [4.69, 9.17) is 4.74 Å². The number of nitrogens with zero attached hydrogens (tertiary/aromatic N) is 1. The molecule has 1 aromatic carbocycles. The number of ether oxygens (including phenoxy) is 1. The summed E-state index contributed by atoms with van der Waals surface area (Å²) in [6, 6.07) is 9.87. The van der Waals surface area contributed by atoms with Crippen LogP contribution in [0.2, 0.25) is 0 Å². The van der Waals surface area contributed by atoms with Crippen molar-refractivity contribution in [3.63, 3.8) is 0 Å². The lowest BCUT2D eigenvalue weighted by Gasteiger charge is -2.19. The predicted molar refractivity (Wildman–Crippen MR) is 76.0 cm³/mol. The molecule has 3 nitrogen and oxygen atoms in total. The Kier molecular flexibility index (Phi) is 4.15. The summed E-state index contributed by atoms with van der Waals surface area (Å²) in [6.07, 6.45) is 1.77. The quantitative estimate of drug-likeness (QED) is 0.786. The SMILES string of the molecule is CCOC(=O)C(c1ccc2ncccc2c1)C(C)C. The third-order valence-corrected chi connectivity index (χ3v) is 3.19. The van der Waals surface area contributed by atoms with Gasteiger partial charge in [0.15, 0.2) is 0 Å². The van der Waals surface area contributed by atoms with Gasteiger partial charge in [-0.1, -0.05) is 26.0 Å². The molecular weight excluding hydrogens is 238 g/mol. The Morgan fingerprint density at radius 3 is 2.79 bits per heavy atom. The van der Waals surface area contributed by atoms with Crippen LogP contribution in [0.3, 0.4) is 0 Å². The highest BCUT2D eigenvalue weighted by Gasteiger charge is 2.25. The molecule has 0 bridgehead atoms. The summed E-state index contributed by atoms with van der Waals surface area (Å²) < 4.78 is 5.18. The number of rotatable bonds is 4. The van der Waals surface area contributed by atoms with Crippen molar-refractivity contribution >= 4 is 16.9 Å². The Hall–Kier alpha value is -1.90. The van der Waals surface area contributed by atoms with Gasteiger partial charge in [0.05, 0.1) is 18.0 Å². The number of esters is 1. The van der Waals surface area contributed by atoms with Crippen LogP contribution >= 0.6 is 0 Å². The Labute approximate surface area is 113 Å². The molecule has 0 saturated carbocycles. The summed E-state index contributed by atoms with van der Waals surface area (Å²) in [5.41, 5.74) is 1.94. The molecule has 0 radical (unpaired) electrons. The third-order valence-electron chi connectivity index (χ3n) is 3.19. The topological polar surface area (TPSA) is 39.2 Å². The van der Waals surface area contributed by atoms with Crippen molar-refractivity contribution in [3.8, 4) is 0 Å². The van der Waals surface area contributed by atoms with Gasteiger partial charge in [-0.3, -0.25) is 9.78 Å². The van der Waals surface area contributed by atoms with Gasteiger partial charge in [-0.05, 0) is 36.6 Å². The fourth-order valence-electron chi connectivity index (χ4n) is 2.31. The highest BCUT2D eigenvalue weighted by molar-refractivity contribution is 5.83. The summed E-state index contributed by atoms with van der Waals surface area (Å²) in [5, 5.41) is 1.05. The van der Waals surface area contributed by atoms with Crippen molar-refractivity contribution in [1.29, 1.82) is 0 Å². The monoisotopic (exact) mass is 257 g/mol. The Balaban J connectivity index is 2.41. The van der Waals surface area contributed by atoms with Gasteiger partial charge in [0.2, 0.25) is 0 Å². The second kappa shape index (κ2) is 5.83. The maximum atomic E-state index is 12.1. The van der Waals surface area contributed by atoms with E-state index in [9.17, 15) is 4.79 Å². The molecule has 0 aliphatic carbocycles. The largest absolute Gasteiger partial charge is 0.466 e. The van der Waals surface area contributed by atoms with Crippen LogP contribution in [-0.2, 0) is 9.53 Å². The van der Waals surface area contributed by atoms with E-state index in [-0.39, 0.29) is 17.8 Å². The smallest absolute Gasteiger partial charge is 0.313 e. The first kappa shape index (κ1) is 13.5. The first-order valence-electron chi connectivity index (χ1n) is 6.64. The van der Waals surface area contributed by atoms with Crippen molar-refractivity contribution < 1.29 is 9.53 Å². The molecule has 100 valence electrons. The van der Waals surface area contributed by atoms with Crippen LogP contribution in [-0.4, -0.2) is 17.6 Å². The average molecular weight is 257 g/mol. The van der Waals surface area contributed by atoms with Crippen molar-refractivity contribution in [2.45, 2.75) is 26.7 Å². The summed E-state index contributed by atoms with van der Waals surface area (Å²) in [7, 11) is 0. The molecule has 2 rings (SSSR count). The first-order valence-corrected chi connectivity index (χ1v) is 6.64. The third kappa shape index (κ3) is 2.92. The molecule has 0 N–H and O–H groups in total. The lowest BCUT2D eigenvalue weighted by atomic mass is 9.88. The summed E-state index contributed by atoms with van der Waals surface area (Å²) >= 11 is 0. The molecule has 0 saturated heterocycles. The molecular formula is C16H19NO2. The van der Waals surface area contributed by atoms with Gasteiger partial charge >= 0.3 is 5.97 Å². The van der Waals surface area contributed by atoms with Crippen LogP contribution in [0.1, 0.15) is 32.3 Å². The van der Waals surface area contributed by atoms with Gasteiger partial charge in [-0.2, -0.15) is 0 Å². The minimum absolute atomic E-state index is 0.152. The molecule has 0 fully saturated rings. The number of hydrogen-bond acceptors (Lipinski definition) is 3. The fraction of sp³-hybridized carbons (Fsp3) is 0.375. The van der Waals surface area contributed by atoms with Crippen LogP contribution in [0.5, 0.6) is 0 Å². The number of hydrogen-bond donors (Lipinski definition) is 0. The number of benzene rings is 1. The van der Waals surface area contributed by atoms with E-state index < -0.39 is 0 Å². The van der Waals surface area contributed by atoms with E-state index in [1.807, 2.05) is 51.1 Å². The average Bonchev–Trinajstić information content (AvgIpc) is 2.38. The molecule has 0 amide bonds. The van der Waals surface area contributed by atoms with Gasteiger partial charge in [-0.15, -0.1) is 0 Å². The highest BCUT2D eigenvalue weighted by atomic mass is 16.5. The Bertz CT molecular complexity index is 578. The summed E-state index contributed by atoms with van der Waals surface area (Å²) in [6.45, 7) is 6.32. The van der Waals surface area contributed by atoms with Crippen LogP contribution in [0, 0.1) is 5.92 Å². The molecule has 1 heterocycles. The summed E-state index contributed by atoms with van der Waals surface area (Å²) in [4.78, 5) is 16.4. The molecule has 1 atom stereocenters. The van der Waals surface area contributed by atoms with E-state index in [0.29, 0.717) is 6.61 Å². The standard InChI is InChI=1S/C16H19NO2/c1-4-19-16(18)15(11(2)3)13-7-8-14-12(10-13)6-5-9-17-14/h5-11,15H,4H2,1-3H3. The minimum Gasteiger partial charge on any atom is -0.466 e.